The van der Waals surface area contributed by atoms with Gasteiger partial charge in [0.1, 0.15) is 5.75 Å². The summed E-state index contributed by atoms with van der Waals surface area (Å²) in [6.45, 7) is 5.01. The highest BCUT2D eigenvalue weighted by Gasteiger charge is 2.09. The van der Waals surface area contributed by atoms with Gasteiger partial charge in [0.05, 0.1) is 19.0 Å². The summed E-state index contributed by atoms with van der Waals surface area (Å²) >= 11 is 0. The quantitative estimate of drug-likeness (QED) is 0.825. The highest BCUT2D eigenvalue weighted by molar-refractivity contribution is 5.71. The fraction of sp³-hybridized carbons (Fsp3) is 0.308. The van der Waals surface area contributed by atoms with E-state index in [0.29, 0.717) is 11.4 Å². The Labute approximate surface area is 101 Å². The van der Waals surface area contributed by atoms with Gasteiger partial charge < -0.3 is 10.5 Å². The number of nitrogen functional groups attached to an aromatic ring is 1. The third-order valence-electron chi connectivity index (χ3n) is 2.94. The topological polar surface area (TPSA) is 53.1 Å². The van der Waals surface area contributed by atoms with Crippen LogP contribution in [0.5, 0.6) is 5.75 Å². The molecule has 90 valence electrons. The molecule has 1 aromatic carbocycles. The summed E-state index contributed by atoms with van der Waals surface area (Å²) in [6.07, 6.45) is 1.88. The predicted molar refractivity (Wildman–Crippen MR) is 69.0 cm³/mol. The smallest absolute Gasteiger partial charge is 0.141 e. The van der Waals surface area contributed by atoms with Crippen LogP contribution in [0.2, 0.25) is 0 Å². The number of aromatic nitrogens is 2. The molecule has 17 heavy (non-hydrogen) atoms. The molecule has 4 nitrogen and oxygen atoms in total. The van der Waals surface area contributed by atoms with Gasteiger partial charge in [-0.05, 0) is 31.5 Å². The molecular formula is C13H17N3O. The van der Waals surface area contributed by atoms with Gasteiger partial charge in [0.25, 0.3) is 0 Å². The van der Waals surface area contributed by atoms with Gasteiger partial charge in [-0.15, -0.1) is 0 Å². The number of anilines is 1. The van der Waals surface area contributed by atoms with Gasteiger partial charge in [-0.2, -0.15) is 5.10 Å². The molecule has 2 aromatic rings. The van der Waals surface area contributed by atoms with Crippen molar-refractivity contribution in [2.45, 2.75) is 20.4 Å². The molecule has 2 rings (SSSR count). The van der Waals surface area contributed by atoms with E-state index in [1.807, 2.05) is 29.1 Å². The van der Waals surface area contributed by atoms with Crippen molar-refractivity contribution in [3.63, 3.8) is 0 Å². The van der Waals surface area contributed by atoms with Crippen molar-refractivity contribution in [1.82, 2.24) is 9.78 Å². The Morgan fingerprint density at radius 3 is 2.71 bits per heavy atom. The van der Waals surface area contributed by atoms with E-state index in [9.17, 15) is 0 Å². The van der Waals surface area contributed by atoms with E-state index in [1.54, 1.807) is 7.11 Å². The van der Waals surface area contributed by atoms with Crippen LogP contribution in [0, 0.1) is 6.92 Å². The maximum atomic E-state index is 5.91. The Bertz CT molecular complexity index is 531. The van der Waals surface area contributed by atoms with E-state index in [0.717, 1.165) is 23.4 Å². The van der Waals surface area contributed by atoms with Crippen LogP contribution in [-0.2, 0) is 6.54 Å². The molecule has 1 aromatic heterocycles. The molecule has 0 saturated carbocycles. The van der Waals surface area contributed by atoms with Crippen molar-refractivity contribution >= 4 is 5.69 Å². The van der Waals surface area contributed by atoms with Crippen LogP contribution in [-0.4, -0.2) is 16.9 Å². The molecule has 0 aliphatic heterocycles. The molecule has 0 aliphatic rings. The maximum Gasteiger partial charge on any atom is 0.141 e. The Hall–Kier alpha value is -1.97. The monoisotopic (exact) mass is 231 g/mol. The lowest BCUT2D eigenvalue weighted by Crippen LogP contribution is -1.98. The SMILES string of the molecule is CCn1ncc(-c2ccc(OC)c(N)c2)c1C. The first-order chi connectivity index (χ1) is 8.17. The van der Waals surface area contributed by atoms with Gasteiger partial charge in [-0.25, -0.2) is 0 Å². The first kappa shape index (κ1) is 11.5. The third-order valence-corrected chi connectivity index (χ3v) is 2.94. The lowest BCUT2D eigenvalue weighted by atomic mass is 10.1. The van der Waals surface area contributed by atoms with Gasteiger partial charge >= 0.3 is 0 Å². The van der Waals surface area contributed by atoms with Crippen LogP contribution in [0.3, 0.4) is 0 Å². The molecule has 0 atom stereocenters. The van der Waals surface area contributed by atoms with Crippen molar-refractivity contribution in [3.8, 4) is 16.9 Å². The van der Waals surface area contributed by atoms with E-state index < -0.39 is 0 Å². The van der Waals surface area contributed by atoms with Crippen molar-refractivity contribution in [2.24, 2.45) is 0 Å². The minimum Gasteiger partial charge on any atom is -0.495 e. The molecule has 4 heteroatoms. The Kier molecular flexibility index (Phi) is 3.04. The molecule has 0 radical (unpaired) electrons. The summed E-state index contributed by atoms with van der Waals surface area (Å²) in [5, 5.41) is 4.33. The lowest BCUT2D eigenvalue weighted by molar-refractivity contribution is 0.417. The summed E-state index contributed by atoms with van der Waals surface area (Å²) < 4.78 is 7.11. The van der Waals surface area contributed by atoms with Crippen LogP contribution in [0.4, 0.5) is 5.69 Å². The van der Waals surface area contributed by atoms with Crippen molar-refractivity contribution in [1.29, 1.82) is 0 Å². The predicted octanol–water partition coefficient (Wildman–Crippen LogP) is 2.47. The van der Waals surface area contributed by atoms with Gasteiger partial charge in [-0.1, -0.05) is 6.07 Å². The Balaban J connectivity index is 2.46. The van der Waals surface area contributed by atoms with Crippen LogP contribution in [0.15, 0.2) is 24.4 Å². The summed E-state index contributed by atoms with van der Waals surface area (Å²) in [5.74, 6) is 0.703. The Morgan fingerprint density at radius 1 is 1.41 bits per heavy atom. The minimum atomic E-state index is 0.647. The van der Waals surface area contributed by atoms with E-state index in [2.05, 4.69) is 18.9 Å². The standard InChI is InChI=1S/C13H17N3O/c1-4-16-9(2)11(8-15-16)10-5-6-13(17-3)12(14)7-10/h5-8H,4,14H2,1-3H3. The maximum absolute atomic E-state index is 5.91. The fourth-order valence-electron chi connectivity index (χ4n) is 1.95. The second-order valence-corrected chi connectivity index (χ2v) is 3.92. The normalized spacial score (nSPS) is 10.5. The number of methoxy groups -OCH3 is 1. The first-order valence-electron chi connectivity index (χ1n) is 5.63. The molecule has 0 spiro atoms. The molecular weight excluding hydrogens is 214 g/mol. The van der Waals surface area contributed by atoms with E-state index in [1.165, 1.54) is 0 Å². The number of nitrogens with two attached hydrogens (primary N) is 1. The fourth-order valence-corrected chi connectivity index (χ4v) is 1.95. The summed E-state index contributed by atoms with van der Waals surface area (Å²) in [7, 11) is 1.62. The molecule has 0 unspecified atom stereocenters. The van der Waals surface area contributed by atoms with Gasteiger partial charge in [-0.3, -0.25) is 4.68 Å². The lowest BCUT2D eigenvalue weighted by Gasteiger charge is -2.07. The van der Waals surface area contributed by atoms with Crippen LogP contribution < -0.4 is 10.5 Å². The summed E-state index contributed by atoms with van der Waals surface area (Å²) in [5.41, 5.74) is 9.89. The van der Waals surface area contributed by atoms with Gasteiger partial charge in [0, 0.05) is 17.8 Å². The summed E-state index contributed by atoms with van der Waals surface area (Å²) in [6, 6.07) is 5.80. The second kappa shape index (κ2) is 4.49. The zero-order valence-electron chi connectivity index (χ0n) is 10.4. The molecule has 0 fully saturated rings. The summed E-state index contributed by atoms with van der Waals surface area (Å²) in [4.78, 5) is 0. The molecule has 1 heterocycles. The van der Waals surface area contributed by atoms with E-state index in [-0.39, 0.29) is 0 Å². The zero-order valence-corrected chi connectivity index (χ0v) is 10.4. The number of hydrogen-bond acceptors (Lipinski definition) is 3. The highest BCUT2D eigenvalue weighted by atomic mass is 16.5. The van der Waals surface area contributed by atoms with Gasteiger partial charge in [0.15, 0.2) is 0 Å². The van der Waals surface area contributed by atoms with Crippen molar-refractivity contribution in [3.05, 3.63) is 30.1 Å². The number of benzene rings is 1. The minimum absolute atomic E-state index is 0.647. The average Bonchev–Trinajstić information content (AvgIpc) is 2.70. The number of aryl methyl sites for hydroxylation is 1. The molecule has 0 aliphatic carbocycles. The van der Waals surface area contributed by atoms with Crippen molar-refractivity contribution in [2.75, 3.05) is 12.8 Å². The third kappa shape index (κ3) is 1.98. The molecule has 0 bridgehead atoms. The molecule has 0 saturated heterocycles. The first-order valence-corrected chi connectivity index (χ1v) is 5.63. The zero-order chi connectivity index (χ0) is 12.4. The largest absolute Gasteiger partial charge is 0.495 e. The van der Waals surface area contributed by atoms with Crippen molar-refractivity contribution < 1.29 is 4.74 Å². The molecule has 0 amide bonds. The van der Waals surface area contributed by atoms with E-state index >= 15 is 0 Å². The molecule has 2 N–H and O–H groups in total. The second-order valence-electron chi connectivity index (χ2n) is 3.92. The van der Waals surface area contributed by atoms with Gasteiger partial charge in [0.2, 0.25) is 0 Å². The average molecular weight is 231 g/mol. The Morgan fingerprint density at radius 2 is 2.18 bits per heavy atom. The van der Waals surface area contributed by atoms with Crippen LogP contribution in [0.25, 0.3) is 11.1 Å². The number of rotatable bonds is 3. The van der Waals surface area contributed by atoms with Crippen LogP contribution in [0.1, 0.15) is 12.6 Å². The number of ether oxygens (including phenoxy) is 1. The van der Waals surface area contributed by atoms with Crippen LogP contribution >= 0.6 is 0 Å². The highest BCUT2D eigenvalue weighted by Crippen LogP contribution is 2.29. The number of nitrogens with zero attached hydrogens (tertiary/aromatic N) is 2. The van der Waals surface area contributed by atoms with E-state index in [4.69, 9.17) is 10.5 Å². The number of hydrogen-bond donors (Lipinski definition) is 1.